The van der Waals surface area contributed by atoms with Gasteiger partial charge in [0.05, 0.1) is 11.2 Å². The van der Waals surface area contributed by atoms with E-state index in [2.05, 4.69) is 5.32 Å². The molecule has 6 nitrogen and oxygen atoms in total. The Morgan fingerprint density at radius 3 is 2.11 bits per heavy atom. The van der Waals surface area contributed by atoms with Crippen molar-refractivity contribution in [2.24, 2.45) is 0 Å². The van der Waals surface area contributed by atoms with E-state index in [4.69, 9.17) is 4.18 Å². The Labute approximate surface area is 159 Å². The van der Waals surface area contributed by atoms with Gasteiger partial charge in [0.1, 0.15) is 10.6 Å². The van der Waals surface area contributed by atoms with Crippen LogP contribution >= 0.6 is 0 Å². The standard InChI is InChI=1S/C20H22N2O4S/c1-14-5-11-18(12-6-14)27(24,25)26-17-9-7-16(8-10-17)22-15(2)13-20(3,4)21-19(22)23/h5-13H,1-4H3,(H,21,23). The summed E-state index contributed by atoms with van der Waals surface area (Å²) in [6.07, 6.45) is 1.96. The zero-order chi connectivity index (χ0) is 19.8. The number of carbonyl (C=O) groups is 1. The lowest BCUT2D eigenvalue weighted by atomic mass is 10.0. The minimum Gasteiger partial charge on any atom is -0.379 e. The van der Waals surface area contributed by atoms with E-state index in [0.717, 1.165) is 11.3 Å². The molecule has 0 saturated carbocycles. The Kier molecular flexibility index (Phi) is 4.73. The van der Waals surface area contributed by atoms with Gasteiger partial charge in [0.2, 0.25) is 0 Å². The van der Waals surface area contributed by atoms with Crippen molar-refractivity contribution in [1.29, 1.82) is 0 Å². The van der Waals surface area contributed by atoms with Crippen molar-refractivity contribution >= 4 is 21.8 Å². The van der Waals surface area contributed by atoms with E-state index in [1.165, 1.54) is 29.2 Å². The van der Waals surface area contributed by atoms with Gasteiger partial charge < -0.3 is 9.50 Å². The molecule has 0 bridgehead atoms. The molecule has 0 aliphatic carbocycles. The lowest BCUT2D eigenvalue weighted by molar-refractivity contribution is 0.239. The number of nitrogens with zero attached hydrogens (tertiary/aromatic N) is 1. The number of urea groups is 1. The highest BCUT2D eigenvalue weighted by Gasteiger charge is 2.30. The summed E-state index contributed by atoms with van der Waals surface area (Å²) >= 11 is 0. The number of anilines is 1. The maximum Gasteiger partial charge on any atom is 0.339 e. The first kappa shape index (κ1) is 19.0. The molecule has 0 aromatic heterocycles. The average molecular weight is 386 g/mol. The first-order valence-electron chi connectivity index (χ1n) is 8.50. The Hall–Kier alpha value is -2.80. The van der Waals surface area contributed by atoms with Gasteiger partial charge in [0, 0.05) is 5.70 Å². The fourth-order valence-corrected chi connectivity index (χ4v) is 3.90. The minimum absolute atomic E-state index is 0.0913. The summed E-state index contributed by atoms with van der Waals surface area (Å²) < 4.78 is 29.9. The summed E-state index contributed by atoms with van der Waals surface area (Å²) in [6.45, 7) is 7.56. The highest BCUT2D eigenvalue weighted by atomic mass is 32.2. The van der Waals surface area contributed by atoms with Crippen LogP contribution in [0.15, 0.2) is 65.2 Å². The fraction of sp³-hybridized carbons (Fsp3) is 0.250. The molecular formula is C20H22N2O4S. The van der Waals surface area contributed by atoms with Crippen LogP contribution in [0.5, 0.6) is 5.75 Å². The largest absolute Gasteiger partial charge is 0.379 e. The maximum atomic E-state index is 12.4. The molecule has 27 heavy (non-hydrogen) atoms. The molecule has 0 saturated heterocycles. The third-order valence-corrected chi connectivity index (χ3v) is 5.43. The number of hydrogen-bond acceptors (Lipinski definition) is 4. The Balaban J connectivity index is 1.82. The number of rotatable bonds is 4. The molecule has 2 aromatic carbocycles. The molecule has 0 fully saturated rings. The highest BCUT2D eigenvalue weighted by Crippen LogP contribution is 2.28. The number of carbonyl (C=O) groups excluding carboxylic acids is 1. The summed E-state index contributed by atoms with van der Waals surface area (Å²) in [5.74, 6) is 0.179. The molecular weight excluding hydrogens is 364 g/mol. The molecule has 1 heterocycles. The van der Waals surface area contributed by atoms with Crippen LogP contribution in [0.3, 0.4) is 0 Å². The van der Waals surface area contributed by atoms with Gasteiger partial charge in [0.15, 0.2) is 0 Å². The second kappa shape index (κ2) is 6.74. The number of aryl methyl sites for hydroxylation is 1. The highest BCUT2D eigenvalue weighted by molar-refractivity contribution is 7.87. The van der Waals surface area contributed by atoms with Crippen LogP contribution in [0.25, 0.3) is 0 Å². The quantitative estimate of drug-likeness (QED) is 0.807. The minimum atomic E-state index is -3.91. The van der Waals surface area contributed by atoms with E-state index in [1.54, 1.807) is 24.3 Å². The van der Waals surface area contributed by atoms with Gasteiger partial charge in [-0.1, -0.05) is 17.7 Å². The van der Waals surface area contributed by atoms with Crippen molar-refractivity contribution in [1.82, 2.24) is 5.32 Å². The van der Waals surface area contributed by atoms with Crippen molar-refractivity contribution in [3.05, 3.63) is 65.9 Å². The summed E-state index contributed by atoms with van der Waals surface area (Å²) in [5.41, 5.74) is 1.97. The third-order valence-electron chi connectivity index (χ3n) is 4.17. The fourth-order valence-electron chi connectivity index (χ4n) is 2.97. The normalized spacial score (nSPS) is 16.5. The summed E-state index contributed by atoms with van der Waals surface area (Å²) in [7, 11) is -3.91. The molecule has 142 valence electrons. The van der Waals surface area contributed by atoms with E-state index in [1.807, 2.05) is 33.8 Å². The molecule has 0 atom stereocenters. The lowest BCUT2D eigenvalue weighted by Gasteiger charge is -2.35. The summed E-state index contributed by atoms with van der Waals surface area (Å²) in [6, 6.07) is 12.6. The summed E-state index contributed by atoms with van der Waals surface area (Å²) in [4.78, 5) is 14.0. The first-order valence-corrected chi connectivity index (χ1v) is 9.91. The monoisotopic (exact) mass is 386 g/mol. The van der Waals surface area contributed by atoms with Gasteiger partial charge in [-0.2, -0.15) is 8.42 Å². The van der Waals surface area contributed by atoms with Crippen LogP contribution in [0.2, 0.25) is 0 Å². The van der Waals surface area contributed by atoms with E-state index >= 15 is 0 Å². The van der Waals surface area contributed by atoms with Crippen molar-refractivity contribution in [2.45, 2.75) is 38.1 Å². The number of amides is 2. The Morgan fingerprint density at radius 2 is 1.56 bits per heavy atom. The molecule has 2 aromatic rings. The zero-order valence-electron chi connectivity index (χ0n) is 15.7. The number of nitrogens with one attached hydrogen (secondary N) is 1. The van der Waals surface area contributed by atoms with E-state index < -0.39 is 15.7 Å². The van der Waals surface area contributed by atoms with Gasteiger partial charge in [0.25, 0.3) is 0 Å². The van der Waals surface area contributed by atoms with Crippen LogP contribution in [0, 0.1) is 6.92 Å². The number of benzene rings is 2. The second-order valence-corrected chi connectivity index (χ2v) is 8.66. The molecule has 0 radical (unpaired) electrons. The molecule has 1 aliphatic rings. The van der Waals surface area contributed by atoms with Crippen molar-refractivity contribution in [3.63, 3.8) is 0 Å². The molecule has 1 aliphatic heterocycles. The smallest absolute Gasteiger partial charge is 0.339 e. The lowest BCUT2D eigenvalue weighted by Crippen LogP contribution is -2.53. The average Bonchev–Trinajstić information content (AvgIpc) is 2.55. The molecule has 7 heteroatoms. The van der Waals surface area contributed by atoms with Gasteiger partial charge in [-0.15, -0.1) is 0 Å². The van der Waals surface area contributed by atoms with Gasteiger partial charge in [-0.25, -0.2) is 4.79 Å². The van der Waals surface area contributed by atoms with Crippen molar-refractivity contribution < 1.29 is 17.4 Å². The molecule has 2 amide bonds. The van der Waals surface area contributed by atoms with Gasteiger partial charge >= 0.3 is 16.1 Å². The maximum absolute atomic E-state index is 12.4. The predicted molar refractivity (Wildman–Crippen MR) is 104 cm³/mol. The molecule has 0 unspecified atom stereocenters. The van der Waals surface area contributed by atoms with Gasteiger partial charge in [-0.05, 0) is 70.2 Å². The molecule has 3 rings (SSSR count). The second-order valence-electron chi connectivity index (χ2n) is 7.12. The number of allylic oxidation sites excluding steroid dienone is 1. The van der Waals surface area contributed by atoms with E-state index in [0.29, 0.717) is 5.69 Å². The first-order chi connectivity index (χ1) is 12.6. The van der Waals surface area contributed by atoms with Crippen LogP contribution in [0.1, 0.15) is 26.3 Å². The molecule has 0 spiro atoms. The Bertz CT molecular complexity index is 991. The Morgan fingerprint density at radius 1 is 0.963 bits per heavy atom. The predicted octanol–water partition coefficient (Wildman–Crippen LogP) is 3.97. The van der Waals surface area contributed by atoms with Crippen molar-refractivity contribution in [2.75, 3.05) is 4.90 Å². The van der Waals surface area contributed by atoms with Crippen LogP contribution in [0.4, 0.5) is 10.5 Å². The number of hydrogen-bond donors (Lipinski definition) is 1. The topological polar surface area (TPSA) is 75.7 Å². The third kappa shape index (κ3) is 4.14. The van der Waals surface area contributed by atoms with E-state index in [-0.39, 0.29) is 16.7 Å². The van der Waals surface area contributed by atoms with Gasteiger partial charge in [-0.3, -0.25) is 4.90 Å². The SMILES string of the molecule is CC1=CC(C)(C)NC(=O)N1c1ccc(OS(=O)(=O)c2ccc(C)cc2)cc1. The van der Waals surface area contributed by atoms with Crippen LogP contribution < -0.4 is 14.4 Å². The van der Waals surface area contributed by atoms with Crippen molar-refractivity contribution in [3.8, 4) is 5.75 Å². The summed E-state index contributed by atoms with van der Waals surface area (Å²) in [5, 5.41) is 2.90. The van der Waals surface area contributed by atoms with E-state index in [9.17, 15) is 13.2 Å². The van der Waals surface area contributed by atoms with Crippen LogP contribution in [-0.2, 0) is 10.1 Å². The zero-order valence-corrected chi connectivity index (χ0v) is 16.5. The van der Waals surface area contributed by atoms with Crippen LogP contribution in [-0.4, -0.2) is 20.0 Å². The molecule has 1 N–H and O–H groups in total.